The molecule has 3 heterocycles. The zero-order valence-corrected chi connectivity index (χ0v) is 16.2. The highest BCUT2D eigenvalue weighted by atomic mass is 16.2. The Balaban J connectivity index is 1.18. The third-order valence-electron chi connectivity index (χ3n) is 6.88. The number of nitrogens with zero attached hydrogens (tertiary/aromatic N) is 4. The first-order valence-corrected chi connectivity index (χ1v) is 10.9. The predicted molar refractivity (Wildman–Crippen MR) is 105 cm³/mol. The highest BCUT2D eigenvalue weighted by Crippen LogP contribution is 2.31. The van der Waals surface area contributed by atoms with Gasteiger partial charge >= 0.3 is 0 Å². The standard InChI is InChI=1S/C21H31N5O/c27-21(24-16-6-7-16)15-3-2-10-26(13-15)17-8-11-25(12-9-17)20-18-4-1-5-19(18)22-14-23-20/h14-17H,1-13H2,(H,24,27)/t15-/m1/s1. The fourth-order valence-corrected chi connectivity index (χ4v) is 5.16. The lowest BCUT2D eigenvalue weighted by atomic mass is 9.93. The van der Waals surface area contributed by atoms with Crippen LogP contribution in [-0.4, -0.2) is 59.0 Å². The molecule has 2 saturated heterocycles. The molecular weight excluding hydrogens is 338 g/mol. The van der Waals surface area contributed by atoms with E-state index in [9.17, 15) is 4.79 Å². The van der Waals surface area contributed by atoms with Crippen LogP contribution < -0.4 is 10.2 Å². The maximum Gasteiger partial charge on any atom is 0.224 e. The Morgan fingerprint density at radius 2 is 1.85 bits per heavy atom. The van der Waals surface area contributed by atoms with E-state index in [-0.39, 0.29) is 5.92 Å². The van der Waals surface area contributed by atoms with Gasteiger partial charge < -0.3 is 10.2 Å². The molecule has 1 amide bonds. The van der Waals surface area contributed by atoms with Crippen LogP contribution in [0.1, 0.15) is 56.2 Å². The molecule has 1 aromatic rings. The van der Waals surface area contributed by atoms with Crippen molar-refractivity contribution in [1.29, 1.82) is 0 Å². The van der Waals surface area contributed by atoms with Crippen LogP contribution in [0.4, 0.5) is 5.82 Å². The van der Waals surface area contributed by atoms with Gasteiger partial charge in [0.15, 0.2) is 0 Å². The van der Waals surface area contributed by atoms with Gasteiger partial charge in [0.2, 0.25) is 5.91 Å². The molecule has 0 radical (unpaired) electrons. The lowest BCUT2D eigenvalue weighted by Gasteiger charge is -2.42. The molecule has 0 bridgehead atoms. The Labute approximate surface area is 161 Å². The van der Waals surface area contributed by atoms with E-state index in [0.717, 1.165) is 51.9 Å². The topological polar surface area (TPSA) is 61.4 Å². The lowest BCUT2D eigenvalue weighted by molar-refractivity contribution is -0.127. The van der Waals surface area contributed by atoms with Crippen LogP contribution in [0.3, 0.4) is 0 Å². The van der Waals surface area contributed by atoms with Gasteiger partial charge in [-0.2, -0.15) is 0 Å². The second-order valence-electron chi connectivity index (χ2n) is 8.81. The van der Waals surface area contributed by atoms with Gasteiger partial charge in [-0.1, -0.05) is 0 Å². The van der Waals surface area contributed by atoms with Crippen LogP contribution in [0.2, 0.25) is 0 Å². The van der Waals surface area contributed by atoms with Crippen molar-refractivity contribution in [3.05, 3.63) is 17.6 Å². The number of aromatic nitrogens is 2. The zero-order valence-electron chi connectivity index (χ0n) is 16.2. The van der Waals surface area contributed by atoms with E-state index in [1.807, 2.05) is 0 Å². The van der Waals surface area contributed by atoms with Gasteiger partial charge in [-0.25, -0.2) is 9.97 Å². The molecule has 5 rings (SSSR count). The number of fused-ring (bicyclic) bond motifs is 1. The van der Waals surface area contributed by atoms with E-state index in [1.54, 1.807) is 6.33 Å². The third-order valence-corrected chi connectivity index (χ3v) is 6.88. The first-order valence-electron chi connectivity index (χ1n) is 10.9. The van der Waals surface area contributed by atoms with Crippen LogP contribution in [-0.2, 0) is 17.6 Å². The Morgan fingerprint density at radius 1 is 1.00 bits per heavy atom. The SMILES string of the molecule is O=C(NC1CC1)[C@@H]1CCCN(C2CCN(c3ncnc4c3CCC4)CC2)C1. The molecule has 0 spiro atoms. The Hall–Kier alpha value is -1.69. The van der Waals surface area contributed by atoms with Crippen LogP contribution in [0.5, 0.6) is 0 Å². The van der Waals surface area contributed by atoms with Gasteiger partial charge in [0.1, 0.15) is 12.1 Å². The number of amides is 1. The van der Waals surface area contributed by atoms with Gasteiger partial charge in [-0.15, -0.1) is 0 Å². The van der Waals surface area contributed by atoms with E-state index in [4.69, 9.17) is 0 Å². The van der Waals surface area contributed by atoms with Crippen LogP contribution >= 0.6 is 0 Å². The van der Waals surface area contributed by atoms with Crippen molar-refractivity contribution in [2.24, 2.45) is 5.92 Å². The van der Waals surface area contributed by atoms with Gasteiger partial charge in [0.05, 0.1) is 5.92 Å². The minimum atomic E-state index is 0.197. The highest BCUT2D eigenvalue weighted by molar-refractivity contribution is 5.79. The summed E-state index contributed by atoms with van der Waals surface area (Å²) in [7, 11) is 0. The fourth-order valence-electron chi connectivity index (χ4n) is 5.16. The fraction of sp³-hybridized carbons (Fsp3) is 0.762. The third kappa shape index (κ3) is 3.68. The molecule has 27 heavy (non-hydrogen) atoms. The number of anilines is 1. The summed E-state index contributed by atoms with van der Waals surface area (Å²) >= 11 is 0. The first-order chi connectivity index (χ1) is 13.3. The number of rotatable bonds is 4. The van der Waals surface area contributed by atoms with Crippen molar-refractivity contribution in [2.75, 3.05) is 31.1 Å². The highest BCUT2D eigenvalue weighted by Gasteiger charge is 2.34. The molecule has 1 saturated carbocycles. The molecule has 0 unspecified atom stereocenters. The van der Waals surface area contributed by atoms with Crippen molar-refractivity contribution >= 4 is 11.7 Å². The summed E-state index contributed by atoms with van der Waals surface area (Å²) in [6.07, 6.45) is 12.1. The summed E-state index contributed by atoms with van der Waals surface area (Å²) in [5, 5.41) is 3.21. The maximum atomic E-state index is 12.5. The first kappa shape index (κ1) is 17.4. The smallest absolute Gasteiger partial charge is 0.224 e. The number of nitrogens with one attached hydrogen (secondary N) is 1. The minimum absolute atomic E-state index is 0.197. The van der Waals surface area contributed by atoms with Crippen LogP contribution in [0, 0.1) is 5.92 Å². The van der Waals surface area contributed by atoms with Crippen molar-refractivity contribution < 1.29 is 4.79 Å². The number of aryl methyl sites for hydroxylation is 1. The van der Waals surface area contributed by atoms with Crippen molar-refractivity contribution in [3.8, 4) is 0 Å². The van der Waals surface area contributed by atoms with Crippen LogP contribution in [0.15, 0.2) is 6.33 Å². The number of carbonyl (C=O) groups excluding carboxylic acids is 1. The number of hydrogen-bond donors (Lipinski definition) is 1. The summed E-state index contributed by atoms with van der Waals surface area (Å²) < 4.78 is 0. The molecule has 3 fully saturated rings. The number of piperidine rings is 2. The summed E-state index contributed by atoms with van der Waals surface area (Å²) in [5.41, 5.74) is 2.66. The number of likely N-dealkylation sites (tertiary alicyclic amines) is 1. The molecule has 1 N–H and O–H groups in total. The van der Waals surface area contributed by atoms with Gasteiger partial charge in [0.25, 0.3) is 0 Å². The van der Waals surface area contributed by atoms with Gasteiger partial charge in [-0.05, 0) is 64.3 Å². The van der Waals surface area contributed by atoms with Crippen molar-refractivity contribution in [3.63, 3.8) is 0 Å². The molecular formula is C21H31N5O. The summed E-state index contributed by atoms with van der Waals surface area (Å²) in [5.74, 6) is 1.69. The maximum absolute atomic E-state index is 12.5. The average molecular weight is 370 g/mol. The number of hydrogen-bond acceptors (Lipinski definition) is 5. The lowest BCUT2D eigenvalue weighted by Crippen LogP contribution is -2.51. The van der Waals surface area contributed by atoms with E-state index in [1.165, 1.54) is 49.2 Å². The molecule has 6 heteroatoms. The minimum Gasteiger partial charge on any atom is -0.356 e. The zero-order chi connectivity index (χ0) is 18.2. The second kappa shape index (κ2) is 7.38. The molecule has 2 aliphatic carbocycles. The summed E-state index contributed by atoms with van der Waals surface area (Å²) in [4.78, 5) is 26.6. The normalized spacial score (nSPS) is 26.8. The van der Waals surface area contributed by atoms with E-state index in [0.29, 0.717) is 18.0 Å². The molecule has 4 aliphatic rings. The second-order valence-corrected chi connectivity index (χ2v) is 8.81. The molecule has 2 aliphatic heterocycles. The van der Waals surface area contributed by atoms with E-state index in [2.05, 4.69) is 25.1 Å². The molecule has 0 aromatic carbocycles. The van der Waals surface area contributed by atoms with Crippen molar-refractivity contribution in [2.45, 2.75) is 69.9 Å². The average Bonchev–Trinajstić information content (AvgIpc) is 3.40. The molecule has 6 nitrogen and oxygen atoms in total. The van der Waals surface area contributed by atoms with Crippen molar-refractivity contribution in [1.82, 2.24) is 20.2 Å². The van der Waals surface area contributed by atoms with Gasteiger partial charge in [0, 0.05) is 43.0 Å². The predicted octanol–water partition coefficient (Wildman–Crippen LogP) is 1.92. The molecule has 146 valence electrons. The summed E-state index contributed by atoms with van der Waals surface area (Å²) in [6, 6.07) is 1.10. The Bertz CT molecular complexity index is 696. The Kier molecular flexibility index (Phi) is 4.76. The molecule has 1 aromatic heterocycles. The quantitative estimate of drug-likeness (QED) is 0.879. The van der Waals surface area contributed by atoms with Gasteiger partial charge in [-0.3, -0.25) is 9.69 Å². The van der Waals surface area contributed by atoms with Crippen LogP contribution in [0.25, 0.3) is 0 Å². The molecule has 1 atom stereocenters. The largest absolute Gasteiger partial charge is 0.356 e. The number of carbonyl (C=O) groups is 1. The van der Waals surface area contributed by atoms with E-state index < -0.39 is 0 Å². The Morgan fingerprint density at radius 3 is 2.67 bits per heavy atom. The summed E-state index contributed by atoms with van der Waals surface area (Å²) in [6.45, 7) is 4.25. The van der Waals surface area contributed by atoms with E-state index >= 15 is 0 Å². The monoisotopic (exact) mass is 369 g/mol.